The number of hydrogen-bond acceptors (Lipinski definition) is 2. The third-order valence-corrected chi connectivity index (χ3v) is 5.50. The largest absolute Gasteiger partial charge is 0.339 e. The van der Waals surface area contributed by atoms with Gasteiger partial charge in [0.15, 0.2) is 0 Å². The molecule has 0 unspecified atom stereocenters. The SMILES string of the molecule is O=C(c1cccc(Cl)c1Cl)N1CCN(C(=O)[C@@H]2CC=CCC2)CC1. The highest BCUT2D eigenvalue weighted by molar-refractivity contribution is 6.43. The normalized spacial score (nSPS) is 21.0. The van der Waals surface area contributed by atoms with Crippen LogP contribution in [-0.4, -0.2) is 47.8 Å². The summed E-state index contributed by atoms with van der Waals surface area (Å²) in [5, 5.41) is 0.665. The van der Waals surface area contributed by atoms with Gasteiger partial charge in [-0.3, -0.25) is 9.59 Å². The van der Waals surface area contributed by atoms with Gasteiger partial charge < -0.3 is 9.80 Å². The molecule has 1 heterocycles. The number of piperazine rings is 1. The zero-order chi connectivity index (χ0) is 17.1. The fourth-order valence-electron chi connectivity index (χ4n) is 3.25. The number of carbonyl (C=O) groups excluding carboxylic acids is 2. The first-order valence-corrected chi connectivity index (χ1v) is 9.00. The van der Waals surface area contributed by atoms with Gasteiger partial charge >= 0.3 is 0 Å². The van der Waals surface area contributed by atoms with Gasteiger partial charge in [0.25, 0.3) is 5.91 Å². The van der Waals surface area contributed by atoms with Gasteiger partial charge in [0.2, 0.25) is 5.91 Å². The molecule has 128 valence electrons. The lowest BCUT2D eigenvalue weighted by molar-refractivity contribution is -0.137. The minimum absolute atomic E-state index is 0.0969. The standard InChI is InChI=1S/C18H20Cl2N2O2/c19-15-8-4-7-14(16(15)20)18(24)22-11-9-21(10-12-22)17(23)13-5-2-1-3-6-13/h1-2,4,7-8,13H,3,5-6,9-12H2/t13-/m1/s1. The van der Waals surface area contributed by atoms with Crippen molar-refractivity contribution in [3.05, 3.63) is 46.0 Å². The second-order valence-corrected chi connectivity index (χ2v) is 6.99. The smallest absolute Gasteiger partial charge is 0.255 e. The average Bonchev–Trinajstić information content (AvgIpc) is 2.64. The van der Waals surface area contributed by atoms with Gasteiger partial charge in [0.05, 0.1) is 15.6 Å². The first-order valence-electron chi connectivity index (χ1n) is 8.25. The molecule has 1 aromatic carbocycles. The minimum atomic E-state index is -0.129. The molecular weight excluding hydrogens is 347 g/mol. The zero-order valence-corrected chi connectivity index (χ0v) is 14.9. The van der Waals surface area contributed by atoms with Crippen molar-refractivity contribution in [2.45, 2.75) is 19.3 Å². The van der Waals surface area contributed by atoms with Gasteiger partial charge in [0.1, 0.15) is 0 Å². The number of nitrogens with zero attached hydrogens (tertiary/aromatic N) is 2. The van der Waals surface area contributed by atoms with E-state index in [-0.39, 0.29) is 22.8 Å². The Hall–Kier alpha value is -1.52. The van der Waals surface area contributed by atoms with Gasteiger partial charge in [-0.25, -0.2) is 0 Å². The molecule has 24 heavy (non-hydrogen) atoms. The van der Waals surface area contributed by atoms with Crippen LogP contribution in [0, 0.1) is 5.92 Å². The number of rotatable bonds is 2. The molecule has 0 N–H and O–H groups in total. The lowest BCUT2D eigenvalue weighted by atomic mass is 9.93. The molecule has 1 aromatic rings. The number of carbonyl (C=O) groups is 2. The second kappa shape index (κ2) is 7.58. The highest BCUT2D eigenvalue weighted by atomic mass is 35.5. The van der Waals surface area contributed by atoms with Crippen molar-refractivity contribution < 1.29 is 9.59 Å². The summed E-state index contributed by atoms with van der Waals surface area (Å²) in [6, 6.07) is 5.07. The maximum atomic E-state index is 12.6. The van der Waals surface area contributed by atoms with Crippen LogP contribution < -0.4 is 0 Å². The van der Waals surface area contributed by atoms with Gasteiger partial charge in [-0.1, -0.05) is 41.4 Å². The molecule has 4 nitrogen and oxygen atoms in total. The van der Waals surface area contributed by atoms with Crippen molar-refractivity contribution in [1.82, 2.24) is 9.80 Å². The van der Waals surface area contributed by atoms with E-state index in [0.717, 1.165) is 19.3 Å². The first-order chi connectivity index (χ1) is 11.6. The molecule has 2 amide bonds. The van der Waals surface area contributed by atoms with E-state index in [1.807, 2.05) is 4.90 Å². The Kier molecular flexibility index (Phi) is 5.47. The lowest BCUT2D eigenvalue weighted by Crippen LogP contribution is -2.52. The molecule has 1 aliphatic heterocycles. The number of hydrogen-bond donors (Lipinski definition) is 0. The monoisotopic (exact) mass is 366 g/mol. The predicted octanol–water partition coefficient (Wildman–Crippen LogP) is 3.63. The van der Waals surface area contributed by atoms with Crippen LogP contribution in [0.1, 0.15) is 29.6 Å². The van der Waals surface area contributed by atoms with Crippen molar-refractivity contribution in [2.24, 2.45) is 5.92 Å². The second-order valence-electron chi connectivity index (χ2n) is 6.20. The highest BCUT2D eigenvalue weighted by Gasteiger charge is 2.29. The van der Waals surface area contributed by atoms with Crippen molar-refractivity contribution in [2.75, 3.05) is 26.2 Å². The van der Waals surface area contributed by atoms with Crippen molar-refractivity contribution >= 4 is 35.0 Å². The summed E-state index contributed by atoms with van der Waals surface area (Å²) in [6.45, 7) is 2.19. The first kappa shape index (κ1) is 17.3. The van der Waals surface area contributed by atoms with E-state index >= 15 is 0 Å². The van der Waals surface area contributed by atoms with Crippen LogP contribution >= 0.6 is 23.2 Å². The summed E-state index contributed by atoms with van der Waals surface area (Å²) in [6.07, 6.45) is 6.95. The third-order valence-electron chi connectivity index (χ3n) is 4.68. The Morgan fingerprint density at radius 3 is 2.38 bits per heavy atom. The number of halogens is 2. The van der Waals surface area contributed by atoms with Crippen molar-refractivity contribution in [1.29, 1.82) is 0 Å². The van der Waals surface area contributed by atoms with Gasteiger partial charge in [0, 0.05) is 32.1 Å². The Morgan fingerprint density at radius 2 is 1.71 bits per heavy atom. The summed E-state index contributed by atoms with van der Waals surface area (Å²) >= 11 is 12.1. The van der Waals surface area contributed by atoms with Crippen LogP contribution in [0.4, 0.5) is 0 Å². The fourth-order valence-corrected chi connectivity index (χ4v) is 3.63. The summed E-state index contributed by atoms with van der Waals surface area (Å²) in [4.78, 5) is 28.8. The van der Waals surface area contributed by atoms with Crippen LogP contribution in [0.15, 0.2) is 30.4 Å². The number of amides is 2. The summed E-state index contributed by atoms with van der Waals surface area (Å²) in [7, 11) is 0. The van der Waals surface area contributed by atoms with E-state index in [1.54, 1.807) is 23.1 Å². The summed E-state index contributed by atoms with van der Waals surface area (Å²) in [5.41, 5.74) is 0.418. The van der Waals surface area contributed by atoms with E-state index in [4.69, 9.17) is 23.2 Å². The Bertz CT molecular complexity index is 667. The zero-order valence-electron chi connectivity index (χ0n) is 13.4. The topological polar surface area (TPSA) is 40.6 Å². The summed E-state index contributed by atoms with van der Waals surface area (Å²) in [5.74, 6) is 0.182. The van der Waals surface area contributed by atoms with E-state index in [2.05, 4.69) is 12.2 Å². The molecule has 0 saturated carbocycles. The van der Waals surface area contributed by atoms with Crippen molar-refractivity contribution in [3.8, 4) is 0 Å². The van der Waals surface area contributed by atoms with Gasteiger partial charge in [-0.15, -0.1) is 0 Å². The summed E-state index contributed by atoms with van der Waals surface area (Å²) < 4.78 is 0. The van der Waals surface area contributed by atoms with Crippen LogP contribution in [0.3, 0.4) is 0 Å². The molecule has 1 saturated heterocycles. The molecule has 0 spiro atoms. The molecule has 3 rings (SSSR count). The average molecular weight is 367 g/mol. The Morgan fingerprint density at radius 1 is 1.00 bits per heavy atom. The molecule has 1 aliphatic carbocycles. The highest BCUT2D eigenvalue weighted by Crippen LogP contribution is 2.27. The lowest BCUT2D eigenvalue weighted by Gasteiger charge is -2.36. The molecule has 6 heteroatoms. The van der Waals surface area contributed by atoms with Crippen molar-refractivity contribution in [3.63, 3.8) is 0 Å². The quantitative estimate of drug-likeness (QED) is 0.749. The van der Waals surface area contributed by atoms with Crippen LogP contribution in [0.25, 0.3) is 0 Å². The third kappa shape index (κ3) is 3.60. The van der Waals surface area contributed by atoms with E-state index in [0.29, 0.717) is 36.8 Å². The van der Waals surface area contributed by atoms with Crippen LogP contribution in [0.2, 0.25) is 10.0 Å². The Balaban J connectivity index is 1.60. The van der Waals surface area contributed by atoms with Crippen LogP contribution in [-0.2, 0) is 4.79 Å². The maximum Gasteiger partial charge on any atom is 0.255 e. The maximum absolute atomic E-state index is 12.6. The number of benzene rings is 1. The molecular formula is C18H20Cl2N2O2. The van der Waals surface area contributed by atoms with E-state index in [9.17, 15) is 9.59 Å². The predicted molar refractivity (Wildman–Crippen MR) is 95.4 cm³/mol. The fraction of sp³-hybridized carbons (Fsp3) is 0.444. The van der Waals surface area contributed by atoms with Crippen LogP contribution in [0.5, 0.6) is 0 Å². The van der Waals surface area contributed by atoms with Gasteiger partial charge in [-0.05, 0) is 31.4 Å². The van der Waals surface area contributed by atoms with E-state index in [1.165, 1.54) is 0 Å². The molecule has 0 aromatic heterocycles. The molecule has 0 radical (unpaired) electrons. The molecule has 0 bridgehead atoms. The molecule has 1 fully saturated rings. The Labute approximate surface area is 152 Å². The minimum Gasteiger partial charge on any atom is -0.339 e. The van der Waals surface area contributed by atoms with Gasteiger partial charge in [-0.2, -0.15) is 0 Å². The van der Waals surface area contributed by atoms with E-state index < -0.39 is 0 Å². The number of allylic oxidation sites excluding steroid dienone is 2. The molecule has 1 atom stereocenters. The molecule has 2 aliphatic rings.